The van der Waals surface area contributed by atoms with Crippen LogP contribution in [0.4, 0.5) is 5.69 Å². The summed E-state index contributed by atoms with van der Waals surface area (Å²) in [5.41, 5.74) is 5.57. The number of aldehydes is 1. The summed E-state index contributed by atoms with van der Waals surface area (Å²) < 4.78 is 0. The van der Waals surface area contributed by atoms with Crippen LogP contribution in [0.5, 0.6) is 0 Å². The molecule has 0 bridgehead atoms. The molecular formula is C31H40N6O7. The third-order valence-electron chi connectivity index (χ3n) is 7.73. The highest BCUT2D eigenvalue weighted by Gasteiger charge is 2.46. The Kier molecular flexibility index (Phi) is 11.9. The number of aromatic nitrogens is 1. The Morgan fingerprint density at radius 1 is 1.05 bits per heavy atom. The summed E-state index contributed by atoms with van der Waals surface area (Å²) in [5, 5.41) is 17.0. The molecule has 0 saturated carbocycles. The number of nitrogens with zero attached hydrogens (tertiary/aromatic N) is 2. The summed E-state index contributed by atoms with van der Waals surface area (Å²) in [5.74, 6) is -3.66. The Balaban J connectivity index is 1.74. The Bertz CT molecular complexity index is 1350. The highest BCUT2D eigenvalue weighted by Crippen LogP contribution is 2.37. The van der Waals surface area contributed by atoms with Crippen LogP contribution in [0.3, 0.4) is 0 Å². The van der Waals surface area contributed by atoms with Gasteiger partial charge in [0.2, 0.25) is 17.7 Å². The maximum Gasteiger partial charge on any atom is 0.303 e. The topological polar surface area (TPSA) is 201 Å². The van der Waals surface area contributed by atoms with E-state index in [9.17, 15) is 33.9 Å². The van der Waals surface area contributed by atoms with Crippen molar-refractivity contribution in [3.05, 3.63) is 59.9 Å². The molecule has 0 spiro atoms. The van der Waals surface area contributed by atoms with Crippen LogP contribution >= 0.6 is 0 Å². The Hall–Kier alpha value is -4.81. The normalized spacial score (nSPS) is 18.0. The number of anilines is 1. The number of nitrogens with two attached hydrogens (primary N) is 1. The number of rotatable bonds is 15. The van der Waals surface area contributed by atoms with E-state index in [-0.39, 0.29) is 24.1 Å². The van der Waals surface area contributed by atoms with Crippen molar-refractivity contribution in [3.63, 3.8) is 0 Å². The summed E-state index contributed by atoms with van der Waals surface area (Å²) in [6, 6.07) is 6.29. The lowest BCUT2D eigenvalue weighted by Gasteiger charge is -2.36. The zero-order valence-electron chi connectivity index (χ0n) is 25.0. The highest BCUT2D eigenvalue weighted by molar-refractivity contribution is 6.02. The van der Waals surface area contributed by atoms with Gasteiger partial charge in [-0.25, -0.2) is 0 Å². The van der Waals surface area contributed by atoms with E-state index < -0.39 is 59.7 Å². The molecule has 1 fully saturated rings. The number of amides is 4. The highest BCUT2D eigenvalue weighted by atomic mass is 16.4. The number of pyridine rings is 1. The molecule has 4 amide bonds. The number of hydrogen-bond acceptors (Lipinski definition) is 8. The van der Waals surface area contributed by atoms with E-state index >= 15 is 0 Å². The first-order chi connectivity index (χ1) is 21.0. The molecule has 1 aromatic heterocycles. The number of hydrogen-bond donors (Lipinski definition) is 5. The summed E-state index contributed by atoms with van der Waals surface area (Å²) in [7, 11) is 0. The third kappa shape index (κ3) is 8.17. The van der Waals surface area contributed by atoms with Crippen molar-refractivity contribution in [2.75, 3.05) is 12.3 Å². The van der Waals surface area contributed by atoms with E-state index in [1.165, 1.54) is 24.0 Å². The quantitative estimate of drug-likeness (QED) is 0.147. The average molecular weight is 609 g/mol. The lowest BCUT2D eigenvalue weighted by Crippen LogP contribution is -2.58. The van der Waals surface area contributed by atoms with Crippen molar-refractivity contribution in [2.45, 2.75) is 82.5 Å². The van der Waals surface area contributed by atoms with Crippen molar-refractivity contribution in [1.29, 1.82) is 0 Å². The van der Waals surface area contributed by atoms with Gasteiger partial charge in [-0.3, -0.25) is 29.0 Å². The Labute approximate surface area is 256 Å². The van der Waals surface area contributed by atoms with Crippen LogP contribution in [-0.2, 0) is 29.5 Å². The SMILES string of the molecule is CCCC[C@H](NC(=O)[C@H](CCC(=O)O)NC(=O)c1ccccc1N)C(=O)N[C@@H](C)C(=O)N1CCC[C@]1(C=O)c1cccnc1. The summed E-state index contributed by atoms with van der Waals surface area (Å²) in [4.78, 5) is 82.4. The molecule has 4 atom stereocenters. The van der Waals surface area contributed by atoms with Gasteiger partial charge < -0.3 is 36.5 Å². The van der Waals surface area contributed by atoms with Crippen molar-refractivity contribution >= 4 is 41.6 Å². The number of para-hydroxylation sites is 1. The summed E-state index contributed by atoms with van der Waals surface area (Å²) in [6.45, 7) is 3.74. The predicted octanol–water partition coefficient (Wildman–Crippen LogP) is 1.52. The van der Waals surface area contributed by atoms with Crippen molar-refractivity contribution < 1.29 is 33.9 Å². The molecule has 3 rings (SSSR count). The number of carboxylic acid groups (broad SMARTS) is 1. The van der Waals surface area contributed by atoms with Crippen molar-refractivity contribution in [3.8, 4) is 0 Å². The smallest absolute Gasteiger partial charge is 0.303 e. The first kappa shape index (κ1) is 33.7. The predicted molar refractivity (Wildman–Crippen MR) is 161 cm³/mol. The molecule has 13 nitrogen and oxygen atoms in total. The standard InChI is InChI=1S/C31H40N6O7/c1-3-4-12-24(36-29(43)25(13-14-26(39)40)35-27(41)22-10-5-6-11-23(22)32)28(42)34-20(2)30(44)37-17-8-15-31(37,19-38)21-9-7-16-33-18-21/h5-7,9-11,16,18-20,24-25H,3-4,8,12-15,17,32H2,1-2H3,(H,34,42)(H,35,41)(H,36,43)(H,39,40)/t20-,24-,25-,31-/m0/s1. The molecule has 2 aromatic rings. The van der Waals surface area contributed by atoms with Crippen molar-refractivity contribution in [2.24, 2.45) is 0 Å². The number of likely N-dealkylation sites (tertiary alicyclic amines) is 1. The maximum atomic E-state index is 13.6. The molecule has 0 aliphatic carbocycles. The number of nitrogen functional groups attached to an aromatic ring is 1. The minimum atomic E-state index is -1.27. The van der Waals surface area contributed by atoms with Gasteiger partial charge in [0.25, 0.3) is 5.91 Å². The number of carbonyl (C=O) groups is 6. The zero-order valence-corrected chi connectivity index (χ0v) is 25.0. The zero-order chi connectivity index (χ0) is 32.3. The van der Waals surface area contributed by atoms with Crippen LogP contribution in [-0.4, -0.2) is 75.5 Å². The average Bonchev–Trinajstić information content (AvgIpc) is 3.46. The van der Waals surface area contributed by atoms with Gasteiger partial charge in [0.15, 0.2) is 0 Å². The first-order valence-corrected chi connectivity index (χ1v) is 14.7. The number of unbranched alkanes of at least 4 members (excludes halogenated alkanes) is 1. The Morgan fingerprint density at radius 2 is 1.75 bits per heavy atom. The van der Waals surface area contributed by atoms with Gasteiger partial charge in [-0.05, 0) is 50.8 Å². The van der Waals surface area contributed by atoms with Gasteiger partial charge in [0, 0.05) is 36.6 Å². The van der Waals surface area contributed by atoms with Crippen LogP contribution in [0.15, 0.2) is 48.8 Å². The lowest BCUT2D eigenvalue weighted by atomic mass is 9.89. The third-order valence-corrected chi connectivity index (χ3v) is 7.73. The number of benzene rings is 1. The second-order valence-electron chi connectivity index (χ2n) is 10.9. The molecule has 236 valence electrons. The number of nitrogens with one attached hydrogen (secondary N) is 3. The fourth-order valence-electron chi connectivity index (χ4n) is 5.29. The molecule has 6 N–H and O–H groups in total. The van der Waals surface area contributed by atoms with E-state index in [2.05, 4.69) is 20.9 Å². The van der Waals surface area contributed by atoms with Gasteiger partial charge in [-0.1, -0.05) is 38.0 Å². The minimum absolute atomic E-state index is 0.118. The van der Waals surface area contributed by atoms with E-state index in [0.717, 1.165) is 6.29 Å². The molecule has 1 saturated heterocycles. The number of carbonyl (C=O) groups excluding carboxylic acids is 5. The lowest BCUT2D eigenvalue weighted by molar-refractivity contribution is -0.143. The van der Waals surface area contributed by atoms with Crippen LogP contribution in [0.25, 0.3) is 0 Å². The van der Waals surface area contributed by atoms with Gasteiger partial charge in [-0.15, -0.1) is 0 Å². The molecule has 2 heterocycles. The number of aliphatic carboxylic acids is 1. The fourth-order valence-corrected chi connectivity index (χ4v) is 5.29. The van der Waals surface area contributed by atoms with E-state index in [0.29, 0.717) is 37.8 Å². The van der Waals surface area contributed by atoms with Crippen LogP contribution in [0.2, 0.25) is 0 Å². The minimum Gasteiger partial charge on any atom is -0.481 e. The number of carboxylic acids is 1. The van der Waals surface area contributed by atoms with Crippen LogP contribution in [0, 0.1) is 0 Å². The second kappa shape index (κ2) is 15.6. The molecule has 1 aliphatic rings. The molecular weight excluding hydrogens is 568 g/mol. The van der Waals surface area contributed by atoms with E-state index in [1.54, 1.807) is 36.7 Å². The molecule has 1 aromatic carbocycles. The van der Waals surface area contributed by atoms with Crippen molar-refractivity contribution in [1.82, 2.24) is 25.8 Å². The van der Waals surface area contributed by atoms with Gasteiger partial charge in [0.1, 0.15) is 30.0 Å². The maximum absolute atomic E-state index is 13.6. The van der Waals surface area contributed by atoms with E-state index in [4.69, 9.17) is 5.73 Å². The van der Waals surface area contributed by atoms with E-state index in [1.807, 2.05) is 6.92 Å². The van der Waals surface area contributed by atoms with Crippen LogP contribution < -0.4 is 21.7 Å². The molecule has 0 unspecified atom stereocenters. The molecule has 44 heavy (non-hydrogen) atoms. The van der Waals surface area contributed by atoms with Crippen LogP contribution in [0.1, 0.15) is 74.7 Å². The summed E-state index contributed by atoms with van der Waals surface area (Å²) in [6.07, 6.45) is 5.74. The Morgan fingerprint density at radius 3 is 2.39 bits per heavy atom. The first-order valence-electron chi connectivity index (χ1n) is 14.7. The van der Waals surface area contributed by atoms with Gasteiger partial charge >= 0.3 is 5.97 Å². The van der Waals surface area contributed by atoms with Gasteiger partial charge in [0.05, 0.1) is 5.56 Å². The summed E-state index contributed by atoms with van der Waals surface area (Å²) >= 11 is 0. The fraction of sp³-hybridized carbons (Fsp3) is 0.452. The van der Waals surface area contributed by atoms with Gasteiger partial charge in [-0.2, -0.15) is 0 Å². The molecule has 13 heteroatoms. The monoisotopic (exact) mass is 608 g/mol. The molecule has 0 radical (unpaired) electrons. The second-order valence-corrected chi connectivity index (χ2v) is 10.9. The largest absolute Gasteiger partial charge is 0.481 e. The molecule has 1 aliphatic heterocycles.